The Morgan fingerprint density at radius 2 is 1.87 bits per heavy atom. The van der Waals surface area contributed by atoms with E-state index >= 15 is 0 Å². The Labute approximate surface area is 180 Å². The summed E-state index contributed by atoms with van der Waals surface area (Å²) in [6.45, 7) is 3.70. The van der Waals surface area contributed by atoms with Crippen molar-refractivity contribution in [2.75, 3.05) is 26.3 Å². The van der Waals surface area contributed by atoms with Gasteiger partial charge in [-0.05, 0) is 23.8 Å². The first-order valence-corrected chi connectivity index (χ1v) is 9.76. The largest absolute Gasteiger partial charge is 0.511 e. The summed E-state index contributed by atoms with van der Waals surface area (Å²) in [6, 6.07) is 7.79. The molecular weight excluding hydrogens is 434 g/mol. The van der Waals surface area contributed by atoms with Crippen LogP contribution in [0.15, 0.2) is 41.3 Å². The van der Waals surface area contributed by atoms with Crippen molar-refractivity contribution in [3.05, 3.63) is 69.0 Å². The zero-order valence-corrected chi connectivity index (χ0v) is 16.9. The topological polar surface area (TPSA) is 81.0 Å². The van der Waals surface area contributed by atoms with Crippen LogP contribution in [0.2, 0.25) is 5.02 Å². The molecule has 0 atom stereocenters. The molecule has 2 heterocycles. The molecule has 0 amide bonds. The second-order valence-corrected chi connectivity index (χ2v) is 7.38. The van der Waals surface area contributed by atoms with E-state index in [0.717, 1.165) is 24.8 Å². The Morgan fingerprint density at radius 3 is 2.52 bits per heavy atom. The molecule has 1 aliphatic heterocycles. The Hall–Kier alpha value is -3.01. The monoisotopic (exact) mass is 450 g/mol. The van der Waals surface area contributed by atoms with E-state index in [9.17, 15) is 18.4 Å². The lowest BCUT2D eigenvalue weighted by molar-refractivity contribution is 0.0342. The fourth-order valence-corrected chi connectivity index (χ4v) is 3.80. The maximum atomic E-state index is 14.2. The van der Waals surface area contributed by atoms with Gasteiger partial charge in [-0.15, -0.1) is 0 Å². The molecular formula is C21H17ClF2N2O5. The lowest BCUT2D eigenvalue weighted by atomic mass is 10.1. The van der Waals surface area contributed by atoms with Gasteiger partial charge in [0.1, 0.15) is 5.02 Å². The van der Waals surface area contributed by atoms with Crippen LogP contribution in [0.5, 0.6) is 5.75 Å². The summed E-state index contributed by atoms with van der Waals surface area (Å²) in [7, 11) is 0. The van der Waals surface area contributed by atoms with Crippen LogP contribution in [0.1, 0.15) is 5.56 Å². The summed E-state index contributed by atoms with van der Waals surface area (Å²) in [5, 5.41) is 8.03. The molecule has 1 saturated heterocycles. The van der Waals surface area contributed by atoms with Crippen molar-refractivity contribution >= 4 is 28.7 Å². The molecule has 1 fully saturated rings. The molecule has 2 aromatic carbocycles. The van der Waals surface area contributed by atoms with Gasteiger partial charge in [0.05, 0.1) is 30.3 Å². The first-order chi connectivity index (χ1) is 14.8. The molecule has 0 unspecified atom stereocenters. The van der Waals surface area contributed by atoms with Gasteiger partial charge in [0, 0.05) is 25.3 Å². The highest BCUT2D eigenvalue weighted by Gasteiger charge is 2.21. The zero-order valence-electron chi connectivity index (χ0n) is 16.1. The number of carboxylic acid groups (broad SMARTS) is 1. The minimum Gasteiger partial charge on any atom is -0.449 e. The molecule has 0 aliphatic carbocycles. The Bertz CT molecular complexity index is 1210. The van der Waals surface area contributed by atoms with E-state index in [4.69, 9.17) is 21.4 Å². The molecule has 0 saturated carbocycles. The number of hydrogen-bond donors (Lipinski definition) is 1. The molecule has 1 aromatic heterocycles. The number of morpholine rings is 1. The van der Waals surface area contributed by atoms with Crippen molar-refractivity contribution in [3.63, 3.8) is 0 Å². The Kier molecular flexibility index (Phi) is 5.90. The molecule has 4 rings (SSSR count). The number of nitrogens with zero attached hydrogens (tertiary/aromatic N) is 2. The highest BCUT2D eigenvalue weighted by atomic mass is 35.5. The van der Waals surface area contributed by atoms with E-state index < -0.39 is 34.0 Å². The van der Waals surface area contributed by atoms with E-state index in [0.29, 0.717) is 31.5 Å². The third kappa shape index (κ3) is 4.25. The highest BCUT2D eigenvalue weighted by molar-refractivity contribution is 6.35. The summed E-state index contributed by atoms with van der Waals surface area (Å²) in [5.74, 6) is -3.19. The van der Waals surface area contributed by atoms with Gasteiger partial charge in [-0.1, -0.05) is 23.7 Å². The summed E-state index contributed by atoms with van der Waals surface area (Å²) in [4.78, 5) is 25.8. The van der Waals surface area contributed by atoms with Crippen molar-refractivity contribution in [3.8, 4) is 11.4 Å². The lowest BCUT2D eigenvalue weighted by Gasteiger charge is -2.26. The molecule has 1 aliphatic rings. The third-order valence-electron chi connectivity index (χ3n) is 5.01. The number of ether oxygens (including phenoxy) is 2. The minimum atomic E-state index is -1.71. The minimum absolute atomic E-state index is 0.0933. The number of pyridine rings is 1. The quantitative estimate of drug-likeness (QED) is 0.481. The van der Waals surface area contributed by atoms with Gasteiger partial charge in [-0.25, -0.2) is 13.6 Å². The van der Waals surface area contributed by atoms with Crippen LogP contribution >= 0.6 is 11.6 Å². The van der Waals surface area contributed by atoms with Crippen LogP contribution in [0, 0.1) is 11.6 Å². The van der Waals surface area contributed by atoms with Crippen LogP contribution in [-0.4, -0.2) is 47.0 Å². The van der Waals surface area contributed by atoms with Crippen LogP contribution in [-0.2, 0) is 11.3 Å². The summed E-state index contributed by atoms with van der Waals surface area (Å²) < 4.78 is 39.3. The molecule has 3 aromatic rings. The van der Waals surface area contributed by atoms with E-state index in [-0.39, 0.29) is 10.9 Å². The molecule has 7 nitrogen and oxygen atoms in total. The first kappa shape index (κ1) is 21.2. The number of benzene rings is 2. The molecule has 0 radical (unpaired) electrons. The van der Waals surface area contributed by atoms with Crippen LogP contribution in [0.25, 0.3) is 16.6 Å². The van der Waals surface area contributed by atoms with E-state index in [1.54, 1.807) is 12.1 Å². The molecule has 10 heteroatoms. The van der Waals surface area contributed by atoms with Gasteiger partial charge in [0.25, 0.3) is 0 Å². The maximum Gasteiger partial charge on any atom is 0.511 e. The summed E-state index contributed by atoms with van der Waals surface area (Å²) in [5.41, 5.74) is 0.461. The average Bonchev–Trinajstić information content (AvgIpc) is 2.75. The average molecular weight is 451 g/mol. The number of aromatic nitrogens is 1. The highest BCUT2D eigenvalue weighted by Crippen LogP contribution is 2.31. The number of carbonyl (C=O) groups is 1. The van der Waals surface area contributed by atoms with Crippen molar-refractivity contribution in [2.45, 2.75) is 6.54 Å². The SMILES string of the molecule is O=C(O)Oc1cn(-c2ccc(CN3CCOCC3)cc2)c2c(Cl)c(F)c(F)cc2c1=O. The fraction of sp³-hybridized carbons (Fsp3) is 0.238. The van der Waals surface area contributed by atoms with E-state index in [1.807, 2.05) is 12.1 Å². The second-order valence-electron chi connectivity index (χ2n) is 7.00. The van der Waals surface area contributed by atoms with Gasteiger partial charge in [0.2, 0.25) is 5.43 Å². The number of fused-ring (bicyclic) bond motifs is 1. The smallest absolute Gasteiger partial charge is 0.449 e. The fourth-order valence-electron chi connectivity index (χ4n) is 3.52. The third-order valence-corrected chi connectivity index (χ3v) is 5.36. The Balaban J connectivity index is 1.81. The van der Waals surface area contributed by atoms with E-state index in [1.165, 1.54) is 4.57 Å². The number of halogens is 3. The van der Waals surface area contributed by atoms with Crippen LogP contribution in [0.4, 0.5) is 13.6 Å². The summed E-state index contributed by atoms with van der Waals surface area (Å²) in [6.07, 6.45) is -0.614. The standard InChI is InChI=1S/C21H17ClF2N2O5/c22-17-18(24)15(23)9-14-19(17)26(11-16(20(14)27)31-21(28)29)13-3-1-12(2-4-13)10-25-5-7-30-8-6-25/h1-4,9,11H,5-8,10H2,(H,28,29). The normalized spacial score (nSPS) is 14.7. The predicted molar refractivity (Wildman–Crippen MR) is 109 cm³/mol. The zero-order chi connectivity index (χ0) is 22.1. The number of rotatable bonds is 4. The van der Waals surface area contributed by atoms with Crippen molar-refractivity contribution in [2.24, 2.45) is 0 Å². The molecule has 1 N–H and O–H groups in total. The van der Waals surface area contributed by atoms with Gasteiger partial charge in [-0.2, -0.15) is 0 Å². The van der Waals surface area contributed by atoms with Crippen LogP contribution in [0.3, 0.4) is 0 Å². The van der Waals surface area contributed by atoms with Gasteiger partial charge in [-0.3, -0.25) is 9.69 Å². The van der Waals surface area contributed by atoms with Gasteiger partial charge < -0.3 is 19.1 Å². The Morgan fingerprint density at radius 1 is 1.19 bits per heavy atom. The first-order valence-electron chi connectivity index (χ1n) is 9.38. The second kappa shape index (κ2) is 8.62. The molecule has 0 spiro atoms. The number of hydrogen-bond acceptors (Lipinski definition) is 5. The van der Waals surface area contributed by atoms with Gasteiger partial charge >= 0.3 is 6.16 Å². The van der Waals surface area contributed by atoms with Gasteiger partial charge in [0.15, 0.2) is 17.4 Å². The summed E-state index contributed by atoms with van der Waals surface area (Å²) >= 11 is 6.03. The molecule has 31 heavy (non-hydrogen) atoms. The van der Waals surface area contributed by atoms with Crippen molar-refractivity contribution in [1.82, 2.24) is 9.47 Å². The van der Waals surface area contributed by atoms with Crippen molar-refractivity contribution < 1.29 is 28.2 Å². The predicted octanol–water partition coefficient (Wildman–Crippen LogP) is 3.81. The maximum absolute atomic E-state index is 14.2. The lowest BCUT2D eigenvalue weighted by Crippen LogP contribution is -2.35. The molecule has 162 valence electrons. The molecule has 0 bridgehead atoms. The van der Waals surface area contributed by atoms with Crippen molar-refractivity contribution in [1.29, 1.82) is 0 Å². The van der Waals surface area contributed by atoms with E-state index in [2.05, 4.69) is 9.64 Å². The van der Waals surface area contributed by atoms with Crippen LogP contribution < -0.4 is 10.2 Å².